The van der Waals surface area contributed by atoms with Gasteiger partial charge in [-0.05, 0) is 56.4 Å². The van der Waals surface area contributed by atoms with Gasteiger partial charge in [0.2, 0.25) is 17.7 Å². The fourth-order valence-electron chi connectivity index (χ4n) is 5.15. The molecule has 4 heterocycles. The molecule has 3 aliphatic rings. The van der Waals surface area contributed by atoms with Crippen molar-refractivity contribution in [2.75, 3.05) is 18.8 Å². The van der Waals surface area contributed by atoms with Gasteiger partial charge in [0.05, 0.1) is 17.7 Å². The zero-order valence-corrected chi connectivity index (χ0v) is 19.4. The highest BCUT2D eigenvalue weighted by atomic mass is 32.2. The summed E-state index contributed by atoms with van der Waals surface area (Å²) >= 11 is 1.57. The molecular formula is C24H24FN5O3S. The lowest BCUT2D eigenvalue weighted by Crippen LogP contribution is -2.40. The van der Waals surface area contributed by atoms with Crippen LogP contribution in [-0.2, 0) is 17.6 Å². The van der Waals surface area contributed by atoms with E-state index in [-0.39, 0.29) is 35.7 Å². The minimum absolute atomic E-state index is 0.0359. The van der Waals surface area contributed by atoms with Gasteiger partial charge in [-0.3, -0.25) is 14.2 Å². The molecule has 2 unspecified atom stereocenters. The zero-order chi connectivity index (χ0) is 23.2. The molecule has 0 bridgehead atoms. The van der Waals surface area contributed by atoms with Crippen LogP contribution in [0.4, 0.5) is 4.39 Å². The van der Waals surface area contributed by atoms with Crippen LogP contribution < -0.4 is 5.56 Å². The third-order valence-corrected chi connectivity index (χ3v) is 8.04. The van der Waals surface area contributed by atoms with Gasteiger partial charge in [0.1, 0.15) is 5.82 Å². The molecule has 176 valence electrons. The highest BCUT2D eigenvalue weighted by molar-refractivity contribution is 7.99. The van der Waals surface area contributed by atoms with Gasteiger partial charge in [0.25, 0.3) is 5.56 Å². The Balaban J connectivity index is 1.15. The molecule has 2 aromatic heterocycles. The Morgan fingerprint density at radius 3 is 2.88 bits per heavy atom. The Kier molecular flexibility index (Phi) is 5.47. The molecule has 2 atom stereocenters. The largest absolute Gasteiger partial charge is 0.420 e. The van der Waals surface area contributed by atoms with Crippen molar-refractivity contribution in [3.05, 3.63) is 57.6 Å². The molecule has 34 heavy (non-hydrogen) atoms. The van der Waals surface area contributed by atoms with Gasteiger partial charge in [-0.25, -0.2) is 9.37 Å². The first-order valence-electron chi connectivity index (χ1n) is 11.7. The van der Waals surface area contributed by atoms with Crippen LogP contribution in [0.2, 0.25) is 0 Å². The zero-order valence-electron chi connectivity index (χ0n) is 18.6. The smallest absolute Gasteiger partial charge is 0.257 e. The van der Waals surface area contributed by atoms with Gasteiger partial charge in [0, 0.05) is 36.4 Å². The normalized spacial score (nSPS) is 21.5. The molecule has 0 spiro atoms. The average molecular weight is 482 g/mol. The van der Waals surface area contributed by atoms with Crippen LogP contribution in [-0.4, -0.2) is 49.4 Å². The molecular weight excluding hydrogens is 457 g/mol. The van der Waals surface area contributed by atoms with Crippen molar-refractivity contribution in [3.63, 3.8) is 0 Å². The summed E-state index contributed by atoms with van der Waals surface area (Å²) in [6, 6.07) is 5.76. The first kappa shape index (κ1) is 21.5. The second kappa shape index (κ2) is 8.65. The maximum absolute atomic E-state index is 13.2. The maximum Gasteiger partial charge on any atom is 0.257 e. The van der Waals surface area contributed by atoms with E-state index in [1.165, 1.54) is 12.1 Å². The van der Waals surface area contributed by atoms with Crippen LogP contribution in [0.15, 0.2) is 38.6 Å². The van der Waals surface area contributed by atoms with Crippen LogP contribution in [0.1, 0.15) is 54.8 Å². The summed E-state index contributed by atoms with van der Waals surface area (Å²) in [4.78, 5) is 32.8. The number of carbonyl (C=O) groups is 1. The van der Waals surface area contributed by atoms with E-state index in [4.69, 9.17) is 9.40 Å². The van der Waals surface area contributed by atoms with Gasteiger partial charge >= 0.3 is 0 Å². The molecule has 1 aliphatic carbocycles. The lowest BCUT2D eigenvalue weighted by molar-refractivity contribution is -0.133. The topological polar surface area (TPSA) is 94.1 Å². The Bertz CT molecular complexity index is 1300. The average Bonchev–Trinajstić information content (AvgIpc) is 3.60. The van der Waals surface area contributed by atoms with E-state index in [9.17, 15) is 14.0 Å². The predicted octanol–water partition coefficient (Wildman–Crippen LogP) is 3.36. The van der Waals surface area contributed by atoms with Crippen molar-refractivity contribution in [2.45, 2.75) is 55.6 Å². The summed E-state index contributed by atoms with van der Waals surface area (Å²) in [5.74, 6) is 1.20. The maximum atomic E-state index is 13.2. The summed E-state index contributed by atoms with van der Waals surface area (Å²) in [6.45, 7) is 1.19. The molecule has 1 saturated heterocycles. The summed E-state index contributed by atoms with van der Waals surface area (Å²) < 4.78 is 20.8. The van der Waals surface area contributed by atoms with Crippen LogP contribution in [0.25, 0.3) is 11.5 Å². The van der Waals surface area contributed by atoms with E-state index in [1.807, 2.05) is 4.90 Å². The van der Waals surface area contributed by atoms with Crippen molar-refractivity contribution < 1.29 is 13.6 Å². The lowest BCUT2D eigenvalue weighted by Gasteiger charge is -2.32. The number of aromatic nitrogens is 4. The third kappa shape index (κ3) is 3.83. The summed E-state index contributed by atoms with van der Waals surface area (Å²) in [7, 11) is 0. The molecule has 6 rings (SSSR count). The van der Waals surface area contributed by atoms with E-state index in [1.54, 1.807) is 28.5 Å². The monoisotopic (exact) mass is 481 g/mol. The molecule has 1 aromatic carbocycles. The fourth-order valence-corrected chi connectivity index (χ4v) is 6.30. The summed E-state index contributed by atoms with van der Waals surface area (Å²) in [5.41, 5.74) is 2.46. The molecule has 2 aliphatic heterocycles. The lowest BCUT2D eigenvalue weighted by atomic mass is 9.97. The molecule has 10 heteroatoms. The highest BCUT2D eigenvalue weighted by Crippen LogP contribution is 2.35. The summed E-state index contributed by atoms with van der Waals surface area (Å²) in [5, 5.41) is 9.07. The Morgan fingerprint density at radius 1 is 1.18 bits per heavy atom. The van der Waals surface area contributed by atoms with Crippen molar-refractivity contribution in [1.29, 1.82) is 0 Å². The number of likely N-dealkylation sites (tertiary alicyclic amines) is 1. The Hall–Kier alpha value is -3.01. The first-order valence-corrected chi connectivity index (χ1v) is 12.7. The molecule has 8 nitrogen and oxygen atoms in total. The van der Waals surface area contributed by atoms with Crippen LogP contribution >= 0.6 is 11.8 Å². The van der Waals surface area contributed by atoms with E-state index < -0.39 is 0 Å². The number of carbonyl (C=O) groups excluding carboxylic acids is 1. The molecule has 3 aromatic rings. The number of amides is 1. The molecule has 1 fully saturated rings. The second-order valence-electron chi connectivity index (χ2n) is 9.15. The third-order valence-electron chi connectivity index (χ3n) is 6.94. The number of benzene rings is 1. The SMILES string of the molecule is O=C(CC1CSc2nc3c(c(=O)n21)CCC3)N1CCCC(c2nnc(-c3ccc(F)cc3)o2)C1. The van der Waals surface area contributed by atoms with Gasteiger partial charge in [-0.2, -0.15) is 0 Å². The van der Waals surface area contributed by atoms with Crippen molar-refractivity contribution in [3.8, 4) is 11.5 Å². The van der Waals surface area contributed by atoms with Crippen LogP contribution in [0.5, 0.6) is 0 Å². The number of piperidine rings is 1. The first-order chi connectivity index (χ1) is 16.6. The summed E-state index contributed by atoms with van der Waals surface area (Å²) in [6.07, 6.45) is 4.61. The van der Waals surface area contributed by atoms with Gasteiger partial charge in [0.15, 0.2) is 5.16 Å². The number of halogens is 1. The number of rotatable bonds is 4. The molecule has 0 radical (unpaired) electrons. The number of hydrogen-bond acceptors (Lipinski definition) is 7. The quantitative estimate of drug-likeness (QED) is 0.528. The number of nitrogens with zero attached hydrogens (tertiary/aromatic N) is 5. The highest BCUT2D eigenvalue weighted by Gasteiger charge is 2.34. The van der Waals surface area contributed by atoms with Crippen molar-refractivity contribution in [2.24, 2.45) is 0 Å². The van der Waals surface area contributed by atoms with Gasteiger partial charge < -0.3 is 9.32 Å². The van der Waals surface area contributed by atoms with Crippen LogP contribution in [0.3, 0.4) is 0 Å². The Morgan fingerprint density at radius 2 is 2.03 bits per heavy atom. The molecule has 0 saturated carbocycles. The Labute approximate surface area is 199 Å². The number of thioether (sulfide) groups is 1. The fraction of sp³-hybridized carbons (Fsp3) is 0.458. The van der Waals surface area contributed by atoms with E-state index in [0.717, 1.165) is 48.5 Å². The van der Waals surface area contributed by atoms with Crippen molar-refractivity contribution >= 4 is 17.7 Å². The van der Waals surface area contributed by atoms with Gasteiger partial charge in [-0.15, -0.1) is 10.2 Å². The number of hydrogen-bond donors (Lipinski definition) is 0. The van der Waals surface area contributed by atoms with E-state index in [0.29, 0.717) is 36.2 Å². The van der Waals surface area contributed by atoms with Crippen molar-refractivity contribution in [1.82, 2.24) is 24.6 Å². The van der Waals surface area contributed by atoms with E-state index >= 15 is 0 Å². The standard InChI is InChI=1S/C24H24FN5O3S/c25-16-8-6-14(7-9-16)21-27-28-22(33-21)15-3-2-10-29(12-15)20(31)11-17-13-34-24-26-19-5-1-4-18(19)23(32)30(17)24/h6-9,15,17H,1-5,10-13H2. The molecule has 1 amide bonds. The predicted molar refractivity (Wildman–Crippen MR) is 123 cm³/mol. The number of fused-ring (bicyclic) bond motifs is 2. The van der Waals surface area contributed by atoms with E-state index in [2.05, 4.69) is 10.2 Å². The van der Waals surface area contributed by atoms with Gasteiger partial charge in [-0.1, -0.05) is 11.8 Å². The minimum atomic E-state index is -0.323. The minimum Gasteiger partial charge on any atom is -0.420 e. The second-order valence-corrected chi connectivity index (χ2v) is 10.1. The van der Waals surface area contributed by atoms with Crippen LogP contribution in [0, 0.1) is 5.82 Å². The number of aryl methyl sites for hydroxylation is 1. The molecule has 0 N–H and O–H groups in total.